The Kier molecular flexibility index (Phi) is 10.9. The van der Waals surface area contributed by atoms with Gasteiger partial charge >= 0.3 is 11.9 Å². The molecule has 0 radical (unpaired) electrons. The van der Waals surface area contributed by atoms with Crippen molar-refractivity contribution in [1.29, 1.82) is 0 Å². The number of nitrogens with two attached hydrogens (primary N) is 3. The highest BCUT2D eigenvalue weighted by molar-refractivity contribution is 8.00. The maximum atomic E-state index is 13.3. The van der Waals surface area contributed by atoms with Crippen molar-refractivity contribution >= 4 is 75.2 Å². The molecule has 0 aromatic carbocycles. The second-order valence-corrected chi connectivity index (χ2v) is 12.7. The number of allylic oxidation sites excluding steroid dienone is 2. The number of hydrogen-bond acceptors (Lipinski definition) is 15. The third-order valence-electron chi connectivity index (χ3n) is 6.95. The van der Waals surface area contributed by atoms with Gasteiger partial charge in [-0.1, -0.05) is 11.2 Å². The van der Waals surface area contributed by atoms with Crippen molar-refractivity contribution in [1.82, 2.24) is 19.2 Å². The second-order valence-electron chi connectivity index (χ2n) is 10.8. The third kappa shape index (κ3) is 8.07. The first-order valence-electron chi connectivity index (χ1n) is 14.1. The minimum Gasteiger partial charge on any atom is -0.478 e. The van der Waals surface area contributed by atoms with E-state index >= 15 is 0 Å². The van der Waals surface area contributed by atoms with Gasteiger partial charge in [-0.15, -0.1) is 11.8 Å². The van der Waals surface area contributed by atoms with Gasteiger partial charge in [0.05, 0.1) is 11.3 Å². The van der Waals surface area contributed by atoms with E-state index in [4.69, 9.17) is 22.0 Å². The number of amides is 2. The average Bonchev–Trinajstić information content (AvgIpc) is 3.45. The van der Waals surface area contributed by atoms with Gasteiger partial charge in [0.1, 0.15) is 18.4 Å². The number of oxime groups is 1. The van der Waals surface area contributed by atoms with Crippen molar-refractivity contribution in [2.45, 2.75) is 50.6 Å². The summed E-state index contributed by atoms with van der Waals surface area (Å²) in [5, 5.41) is 25.1. The third-order valence-corrected chi connectivity index (χ3v) is 8.85. The van der Waals surface area contributed by atoms with E-state index in [-0.39, 0.29) is 53.5 Å². The molecule has 2 aliphatic heterocycles. The lowest BCUT2D eigenvalue weighted by Crippen LogP contribution is -2.62. The van der Waals surface area contributed by atoms with Crippen LogP contribution in [-0.4, -0.2) is 88.0 Å². The summed E-state index contributed by atoms with van der Waals surface area (Å²) in [7, 11) is 0. The van der Waals surface area contributed by atoms with E-state index in [9.17, 15) is 34.2 Å². The first-order chi connectivity index (χ1) is 22.2. The van der Waals surface area contributed by atoms with Crippen molar-refractivity contribution in [2.75, 3.05) is 29.1 Å². The number of nitrogens with one attached hydrogen (secondary N) is 1. The molecular weight excluding hydrogens is 656 g/mol. The molecule has 2 amide bonds. The number of Topliss-reactive ketones (excluding diaryl/α,β-unsaturated/α-hetero) is 1. The SMILES string of the molecule is CC(C)(O/N=C(\C(=O)C[C@@H]1C(=O)N2C(C(=O)O)=C(/C=C/C[n+]3cnc(N)c(NC(=O)CCCN)c3)CSC12)c1nsc(N)n1)C(=O)O. The first-order valence-corrected chi connectivity index (χ1v) is 15.9. The Morgan fingerprint density at radius 1 is 1.28 bits per heavy atom. The van der Waals surface area contributed by atoms with E-state index in [2.05, 4.69) is 24.8 Å². The Bertz CT molecular complexity index is 1690. The van der Waals surface area contributed by atoms with Crippen LogP contribution in [0.15, 0.2) is 41.1 Å². The number of β-lactam (4-membered cyclic amide) rings is 1. The predicted octanol–water partition coefficient (Wildman–Crippen LogP) is -0.268. The Morgan fingerprint density at radius 2 is 2.02 bits per heavy atom. The summed E-state index contributed by atoms with van der Waals surface area (Å²) in [4.78, 5) is 76.7. The van der Waals surface area contributed by atoms with Crippen LogP contribution in [0.1, 0.15) is 38.9 Å². The number of rotatable bonds is 15. The molecule has 2 atom stereocenters. The van der Waals surface area contributed by atoms with Gasteiger partial charge < -0.3 is 37.6 Å². The minimum absolute atomic E-state index is 0.0279. The van der Waals surface area contributed by atoms with Gasteiger partial charge in [0.15, 0.2) is 22.3 Å². The number of hydrogen-bond donors (Lipinski definition) is 6. The number of carboxylic acids is 2. The number of thioether (sulfide) groups is 1. The van der Waals surface area contributed by atoms with Gasteiger partial charge in [0, 0.05) is 30.1 Å². The molecule has 1 fully saturated rings. The average molecular weight is 690 g/mol. The fourth-order valence-electron chi connectivity index (χ4n) is 4.41. The Hall–Kier alpha value is -4.95. The van der Waals surface area contributed by atoms with Gasteiger partial charge in [-0.2, -0.15) is 9.36 Å². The minimum atomic E-state index is -1.79. The molecule has 2 aromatic heterocycles. The fourth-order valence-corrected chi connectivity index (χ4v) is 6.23. The number of carbonyl (C=O) groups excluding carboxylic acids is 3. The maximum Gasteiger partial charge on any atom is 0.352 e. The highest BCUT2D eigenvalue weighted by atomic mass is 32.2. The molecule has 250 valence electrons. The van der Waals surface area contributed by atoms with Crippen LogP contribution in [0.4, 0.5) is 16.6 Å². The van der Waals surface area contributed by atoms with E-state index in [1.165, 1.54) is 31.9 Å². The molecule has 0 spiro atoms. The number of fused-ring (bicyclic) bond motifs is 1. The Morgan fingerprint density at radius 3 is 2.66 bits per heavy atom. The smallest absolute Gasteiger partial charge is 0.352 e. The number of carbonyl (C=O) groups is 5. The van der Waals surface area contributed by atoms with Crippen LogP contribution >= 0.6 is 23.3 Å². The van der Waals surface area contributed by atoms with Gasteiger partial charge in [0.2, 0.25) is 23.2 Å². The molecule has 9 N–H and O–H groups in total. The molecule has 1 unspecified atom stereocenters. The lowest BCUT2D eigenvalue weighted by atomic mass is 9.89. The van der Waals surface area contributed by atoms with Gasteiger partial charge in [-0.25, -0.2) is 14.2 Å². The largest absolute Gasteiger partial charge is 0.478 e. The zero-order valence-corrected chi connectivity index (χ0v) is 26.9. The molecular formula is C27H33N10O8S2+. The molecule has 47 heavy (non-hydrogen) atoms. The van der Waals surface area contributed by atoms with E-state index < -0.39 is 46.2 Å². The molecule has 0 saturated carbocycles. The molecule has 2 aliphatic rings. The fraction of sp³-hybridized carbons (Fsp3) is 0.407. The van der Waals surface area contributed by atoms with Crippen molar-refractivity contribution < 1.29 is 43.6 Å². The van der Waals surface area contributed by atoms with Crippen LogP contribution in [-0.2, 0) is 35.4 Å². The lowest BCUT2D eigenvalue weighted by Gasteiger charge is -2.49. The molecule has 18 nitrogen and oxygen atoms in total. The summed E-state index contributed by atoms with van der Waals surface area (Å²) in [5.41, 5.74) is 15.3. The monoisotopic (exact) mass is 689 g/mol. The summed E-state index contributed by atoms with van der Waals surface area (Å²) in [6.07, 6.45) is 6.67. The normalized spacial score (nSPS) is 18.1. The first kappa shape index (κ1) is 34.9. The molecule has 4 rings (SSSR count). The van der Waals surface area contributed by atoms with Crippen LogP contribution in [0.2, 0.25) is 0 Å². The number of nitrogens with zero attached hydrogens (tertiary/aromatic N) is 6. The molecule has 20 heteroatoms. The highest BCUT2D eigenvalue weighted by Gasteiger charge is 2.54. The summed E-state index contributed by atoms with van der Waals surface area (Å²) in [5.74, 6) is -4.93. The van der Waals surface area contributed by atoms with E-state index in [1.54, 1.807) is 22.9 Å². The lowest BCUT2D eigenvalue weighted by molar-refractivity contribution is -0.689. The number of nitrogen functional groups attached to an aromatic ring is 2. The highest BCUT2D eigenvalue weighted by Crippen LogP contribution is 2.45. The van der Waals surface area contributed by atoms with Gasteiger partial charge in [-0.3, -0.25) is 19.3 Å². The van der Waals surface area contributed by atoms with Crippen LogP contribution in [0.25, 0.3) is 0 Å². The van der Waals surface area contributed by atoms with Crippen LogP contribution in [0, 0.1) is 5.92 Å². The Labute approximate surface area is 275 Å². The van der Waals surface area contributed by atoms with Crippen molar-refractivity contribution in [3.63, 3.8) is 0 Å². The van der Waals surface area contributed by atoms with Gasteiger partial charge in [-0.05, 0) is 43.4 Å². The van der Waals surface area contributed by atoms with Crippen molar-refractivity contribution in [2.24, 2.45) is 16.8 Å². The maximum absolute atomic E-state index is 13.3. The molecule has 0 aliphatic carbocycles. The van der Waals surface area contributed by atoms with Crippen LogP contribution < -0.4 is 27.1 Å². The molecule has 1 saturated heterocycles. The molecule has 4 heterocycles. The van der Waals surface area contributed by atoms with Crippen molar-refractivity contribution in [3.8, 4) is 0 Å². The van der Waals surface area contributed by atoms with Gasteiger partial charge in [0.25, 0.3) is 12.1 Å². The summed E-state index contributed by atoms with van der Waals surface area (Å²) < 4.78 is 5.59. The number of aromatic nitrogens is 4. The second kappa shape index (κ2) is 14.6. The zero-order valence-electron chi connectivity index (χ0n) is 25.3. The summed E-state index contributed by atoms with van der Waals surface area (Å²) in [6, 6.07) is 0. The van der Waals surface area contributed by atoms with E-state index in [1.807, 2.05) is 0 Å². The summed E-state index contributed by atoms with van der Waals surface area (Å²) in [6.45, 7) is 3.08. The Balaban J connectivity index is 1.48. The van der Waals surface area contributed by atoms with Crippen LogP contribution in [0.5, 0.6) is 0 Å². The standard InChI is InChI=1S/C27H32N10O8S2/c1-27(2,25(43)44)45-34-18(21-33-26(30)47-35-21)16(38)9-14-22(40)37-19(24(41)42)13(11-46-23(14)37)5-4-8-36-10-15(20(29)31-12-36)32-17(39)6-3-7-28/h4-5,10,12,14,23,29H,3,6-9,11,28H2,1-2H3,(H5,30,32,33,35,39,41,42,43,44)/p+1/b5-4+,34-18+/t14-,23?/m1/s1. The van der Waals surface area contributed by atoms with Crippen molar-refractivity contribution in [3.05, 3.63) is 41.8 Å². The van der Waals surface area contributed by atoms with E-state index in [0.29, 0.717) is 24.2 Å². The zero-order chi connectivity index (χ0) is 34.5. The summed E-state index contributed by atoms with van der Waals surface area (Å²) >= 11 is 2.07. The van der Waals surface area contributed by atoms with E-state index in [0.717, 1.165) is 16.4 Å². The molecule has 2 aromatic rings. The topological polar surface area (TPSA) is 283 Å². The quantitative estimate of drug-likeness (QED) is 0.0607. The number of aliphatic carboxylic acids is 2. The predicted molar refractivity (Wildman–Crippen MR) is 169 cm³/mol. The van der Waals surface area contributed by atoms with Crippen LogP contribution in [0.3, 0.4) is 0 Å². The number of carboxylic acid groups (broad SMARTS) is 2. The number of anilines is 3. The molecule has 0 bridgehead atoms. The number of ketones is 1.